The molecule has 0 spiro atoms. The zero-order valence-electron chi connectivity index (χ0n) is 10.5. The molecule has 3 aromatic rings. The quantitative estimate of drug-likeness (QED) is 0.706. The second-order valence-electron chi connectivity index (χ2n) is 4.54. The molecular weight excluding hydrogens is 222 g/mol. The molecule has 0 amide bonds. The van der Waals surface area contributed by atoms with E-state index < -0.39 is 0 Å². The van der Waals surface area contributed by atoms with Gasteiger partial charge in [-0.25, -0.2) is 4.98 Å². The number of hydrogen-bond acceptors (Lipinski definition) is 2. The van der Waals surface area contributed by atoms with Crippen molar-refractivity contribution in [2.75, 3.05) is 5.73 Å². The number of hydrogen-bond donors (Lipinski definition) is 1. The Morgan fingerprint density at radius 3 is 2.39 bits per heavy atom. The SMILES string of the molecule is Cc1cccc(C)c1-c1nc2ccccn2c1N. The van der Waals surface area contributed by atoms with Crippen LogP contribution in [0, 0.1) is 13.8 Å². The Morgan fingerprint density at radius 1 is 1.00 bits per heavy atom. The predicted molar refractivity (Wildman–Crippen MR) is 74.5 cm³/mol. The summed E-state index contributed by atoms with van der Waals surface area (Å²) in [5.41, 5.74) is 11.5. The van der Waals surface area contributed by atoms with Crippen molar-refractivity contribution in [2.45, 2.75) is 13.8 Å². The standard InChI is InChI=1S/C15H15N3/c1-10-6-5-7-11(2)13(10)14-15(16)18-9-4-3-8-12(18)17-14/h3-9H,16H2,1-2H3. The number of imidazole rings is 1. The fraction of sp³-hybridized carbons (Fsp3) is 0.133. The first-order chi connectivity index (χ1) is 8.68. The summed E-state index contributed by atoms with van der Waals surface area (Å²) in [5, 5.41) is 0. The third-order valence-electron chi connectivity index (χ3n) is 3.28. The molecule has 2 heterocycles. The number of anilines is 1. The summed E-state index contributed by atoms with van der Waals surface area (Å²) in [7, 11) is 0. The second-order valence-corrected chi connectivity index (χ2v) is 4.54. The van der Waals surface area contributed by atoms with Gasteiger partial charge in [-0.2, -0.15) is 0 Å². The van der Waals surface area contributed by atoms with Gasteiger partial charge in [-0.15, -0.1) is 0 Å². The van der Waals surface area contributed by atoms with Crippen LogP contribution in [0.2, 0.25) is 0 Å². The van der Waals surface area contributed by atoms with E-state index in [1.807, 2.05) is 28.8 Å². The van der Waals surface area contributed by atoms with Crippen LogP contribution in [-0.4, -0.2) is 9.38 Å². The Bertz CT molecular complexity index is 705. The lowest BCUT2D eigenvalue weighted by Gasteiger charge is -2.07. The highest BCUT2D eigenvalue weighted by Gasteiger charge is 2.14. The van der Waals surface area contributed by atoms with Crippen LogP contribution in [0.4, 0.5) is 5.82 Å². The van der Waals surface area contributed by atoms with Crippen LogP contribution in [0.1, 0.15) is 11.1 Å². The summed E-state index contributed by atoms with van der Waals surface area (Å²) in [5.74, 6) is 0.697. The zero-order chi connectivity index (χ0) is 12.7. The molecule has 0 fully saturated rings. The molecule has 0 unspecified atom stereocenters. The van der Waals surface area contributed by atoms with Crippen molar-refractivity contribution in [1.29, 1.82) is 0 Å². The fourth-order valence-corrected chi connectivity index (χ4v) is 2.39. The van der Waals surface area contributed by atoms with Crippen molar-refractivity contribution in [2.24, 2.45) is 0 Å². The lowest BCUT2D eigenvalue weighted by atomic mass is 10.0. The Labute approximate surface area is 106 Å². The average molecular weight is 237 g/mol. The van der Waals surface area contributed by atoms with E-state index in [1.165, 1.54) is 11.1 Å². The van der Waals surface area contributed by atoms with Crippen LogP contribution < -0.4 is 5.73 Å². The Hall–Kier alpha value is -2.29. The molecule has 0 aliphatic rings. The van der Waals surface area contributed by atoms with Crippen molar-refractivity contribution in [1.82, 2.24) is 9.38 Å². The van der Waals surface area contributed by atoms with Gasteiger partial charge in [-0.3, -0.25) is 4.40 Å². The van der Waals surface area contributed by atoms with Gasteiger partial charge in [0.2, 0.25) is 0 Å². The molecule has 90 valence electrons. The van der Waals surface area contributed by atoms with Gasteiger partial charge < -0.3 is 5.73 Å². The van der Waals surface area contributed by atoms with E-state index >= 15 is 0 Å². The number of aromatic nitrogens is 2. The minimum atomic E-state index is 0.697. The molecule has 0 saturated heterocycles. The highest BCUT2D eigenvalue weighted by atomic mass is 15.1. The van der Waals surface area contributed by atoms with Crippen molar-refractivity contribution in [3.8, 4) is 11.3 Å². The molecule has 0 aliphatic carbocycles. The molecule has 0 aliphatic heterocycles. The Kier molecular flexibility index (Phi) is 2.33. The van der Waals surface area contributed by atoms with Gasteiger partial charge in [0.1, 0.15) is 17.2 Å². The maximum atomic E-state index is 6.21. The molecule has 3 rings (SSSR count). The van der Waals surface area contributed by atoms with Crippen LogP contribution in [0.25, 0.3) is 16.9 Å². The van der Waals surface area contributed by atoms with E-state index in [9.17, 15) is 0 Å². The number of nitrogens with two attached hydrogens (primary N) is 1. The maximum absolute atomic E-state index is 6.21. The fourth-order valence-electron chi connectivity index (χ4n) is 2.39. The average Bonchev–Trinajstić information content (AvgIpc) is 2.68. The monoisotopic (exact) mass is 237 g/mol. The summed E-state index contributed by atoms with van der Waals surface area (Å²) in [6.45, 7) is 4.18. The third-order valence-corrected chi connectivity index (χ3v) is 3.28. The van der Waals surface area contributed by atoms with E-state index in [1.54, 1.807) is 0 Å². The molecule has 0 atom stereocenters. The topological polar surface area (TPSA) is 43.3 Å². The van der Waals surface area contributed by atoms with E-state index in [2.05, 4.69) is 37.0 Å². The Balaban J connectivity index is 2.36. The number of fused-ring (bicyclic) bond motifs is 1. The number of benzene rings is 1. The van der Waals surface area contributed by atoms with Crippen LogP contribution in [0.5, 0.6) is 0 Å². The van der Waals surface area contributed by atoms with Crippen molar-refractivity contribution < 1.29 is 0 Å². The van der Waals surface area contributed by atoms with Gasteiger partial charge in [0.15, 0.2) is 0 Å². The number of pyridine rings is 1. The summed E-state index contributed by atoms with van der Waals surface area (Å²) in [6, 6.07) is 12.1. The molecule has 0 bridgehead atoms. The molecule has 2 N–H and O–H groups in total. The third kappa shape index (κ3) is 1.48. The minimum Gasteiger partial charge on any atom is -0.383 e. The maximum Gasteiger partial charge on any atom is 0.139 e. The first-order valence-electron chi connectivity index (χ1n) is 5.97. The smallest absolute Gasteiger partial charge is 0.139 e. The summed E-state index contributed by atoms with van der Waals surface area (Å²) >= 11 is 0. The van der Waals surface area contributed by atoms with Crippen LogP contribution in [0.15, 0.2) is 42.6 Å². The summed E-state index contributed by atoms with van der Waals surface area (Å²) in [6.07, 6.45) is 1.94. The zero-order valence-corrected chi connectivity index (χ0v) is 10.5. The van der Waals surface area contributed by atoms with E-state index in [-0.39, 0.29) is 0 Å². The molecule has 0 radical (unpaired) electrons. The largest absolute Gasteiger partial charge is 0.383 e. The number of aryl methyl sites for hydroxylation is 2. The second kappa shape index (κ2) is 3.88. The van der Waals surface area contributed by atoms with Crippen LogP contribution in [-0.2, 0) is 0 Å². The van der Waals surface area contributed by atoms with Gasteiger partial charge in [-0.05, 0) is 37.1 Å². The number of rotatable bonds is 1. The van der Waals surface area contributed by atoms with Gasteiger partial charge in [0.25, 0.3) is 0 Å². The first-order valence-corrected chi connectivity index (χ1v) is 5.97. The summed E-state index contributed by atoms with van der Waals surface area (Å²) < 4.78 is 1.92. The van der Waals surface area contributed by atoms with Crippen LogP contribution in [0.3, 0.4) is 0 Å². The number of nitrogen functional groups attached to an aromatic ring is 1. The van der Waals surface area contributed by atoms with Crippen molar-refractivity contribution in [3.05, 3.63) is 53.7 Å². The molecule has 3 nitrogen and oxygen atoms in total. The van der Waals surface area contributed by atoms with Crippen molar-refractivity contribution in [3.63, 3.8) is 0 Å². The van der Waals surface area contributed by atoms with Crippen LogP contribution >= 0.6 is 0 Å². The van der Waals surface area contributed by atoms with Gasteiger partial charge in [-0.1, -0.05) is 24.3 Å². The van der Waals surface area contributed by atoms with Gasteiger partial charge in [0, 0.05) is 11.8 Å². The first kappa shape index (κ1) is 10.8. The highest BCUT2D eigenvalue weighted by molar-refractivity contribution is 5.79. The molecule has 0 saturated carbocycles. The molecule has 18 heavy (non-hydrogen) atoms. The van der Waals surface area contributed by atoms with E-state index in [0.717, 1.165) is 16.9 Å². The minimum absolute atomic E-state index is 0.697. The molecule has 2 aromatic heterocycles. The highest BCUT2D eigenvalue weighted by Crippen LogP contribution is 2.31. The Morgan fingerprint density at radius 2 is 1.72 bits per heavy atom. The molecule has 1 aromatic carbocycles. The van der Waals surface area contributed by atoms with Gasteiger partial charge in [0.05, 0.1) is 0 Å². The normalized spacial score (nSPS) is 11.0. The number of nitrogens with zero attached hydrogens (tertiary/aromatic N) is 2. The molecular formula is C15H15N3. The summed E-state index contributed by atoms with van der Waals surface area (Å²) in [4.78, 5) is 4.64. The predicted octanol–water partition coefficient (Wildman–Crippen LogP) is 3.20. The van der Waals surface area contributed by atoms with E-state index in [4.69, 9.17) is 5.73 Å². The van der Waals surface area contributed by atoms with Gasteiger partial charge >= 0.3 is 0 Å². The van der Waals surface area contributed by atoms with E-state index in [0.29, 0.717) is 5.82 Å². The lowest BCUT2D eigenvalue weighted by molar-refractivity contribution is 1.20. The lowest BCUT2D eigenvalue weighted by Crippen LogP contribution is -1.95. The van der Waals surface area contributed by atoms with Crippen molar-refractivity contribution >= 4 is 11.5 Å². The molecule has 3 heteroatoms.